The number of carbonyl (C=O) groups is 3. The molecule has 3 N–H and O–H groups in total. The Balaban J connectivity index is 0.000000885. The molecule has 0 saturated carbocycles. The van der Waals surface area contributed by atoms with E-state index in [1.807, 2.05) is 0 Å². The third-order valence-corrected chi connectivity index (χ3v) is 1.77. The van der Waals surface area contributed by atoms with Crippen molar-refractivity contribution >= 4 is 23.6 Å². The smallest absolute Gasteiger partial charge is 0.347 e. The van der Waals surface area contributed by atoms with Crippen LogP contribution in [0.3, 0.4) is 0 Å². The van der Waals surface area contributed by atoms with E-state index in [1.54, 1.807) is 6.92 Å². The Kier molecular flexibility index (Phi) is 7.74. The Morgan fingerprint density at radius 3 is 2.33 bits per heavy atom. The van der Waals surface area contributed by atoms with Gasteiger partial charge in [0.05, 0.1) is 12.8 Å². The summed E-state index contributed by atoms with van der Waals surface area (Å²) in [5.74, 6) is -3.82. The number of hydrogen-bond donors (Lipinski definition) is 2. The van der Waals surface area contributed by atoms with Gasteiger partial charge in [0.25, 0.3) is 5.91 Å². The van der Waals surface area contributed by atoms with E-state index >= 15 is 0 Å². The average Bonchev–Trinajstić information content (AvgIpc) is 2.39. The van der Waals surface area contributed by atoms with Crippen molar-refractivity contribution in [2.75, 3.05) is 6.61 Å². The third kappa shape index (κ3) is 6.66. The van der Waals surface area contributed by atoms with E-state index in [0.717, 1.165) is 6.92 Å². The monoisotopic (exact) mass is 296 g/mol. The SMILES string of the molecule is CC(=O)[O-].CCOC(=O)C(C(N)=O)=C(O)c1cnccn1. The Labute approximate surface area is 120 Å². The quantitative estimate of drug-likeness (QED) is 0.225. The van der Waals surface area contributed by atoms with Crippen LogP contribution in [0.4, 0.5) is 0 Å². The van der Waals surface area contributed by atoms with Gasteiger partial charge in [-0.1, -0.05) is 0 Å². The van der Waals surface area contributed by atoms with Crippen molar-refractivity contribution < 1.29 is 29.3 Å². The molecular weight excluding hydrogens is 282 g/mol. The van der Waals surface area contributed by atoms with Gasteiger partial charge in [-0.2, -0.15) is 0 Å². The lowest BCUT2D eigenvalue weighted by atomic mass is 10.2. The summed E-state index contributed by atoms with van der Waals surface area (Å²) in [5.41, 5.74) is 4.32. The van der Waals surface area contributed by atoms with Crippen LogP contribution in [0.1, 0.15) is 19.5 Å². The number of aromatic nitrogens is 2. The van der Waals surface area contributed by atoms with Gasteiger partial charge in [-0.05, 0) is 13.8 Å². The van der Waals surface area contributed by atoms with Gasteiger partial charge in [0.2, 0.25) is 0 Å². The maximum absolute atomic E-state index is 11.4. The Hall–Kier alpha value is -2.97. The van der Waals surface area contributed by atoms with Gasteiger partial charge in [0.1, 0.15) is 5.69 Å². The lowest BCUT2D eigenvalue weighted by molar-refractivity contribution is -0.302. The summed E-state index contributed by atoms with van der Waals surface area (Å²) in [4.78, 5) is 38.8. The molecule has 0 fully saturated rings. The van der Waals surface area contributed by atoms with Gasteiger partial charge < -0.3 is 25.5 Å². The number of ether oxygens (including phenoxy) is 1. The standard InChI is InChI=1S/C10H11N3O4.C2H4O2/c1-2-17-10(16)7(9(11)15)8(14)6-5-12-3-4-13-6;1-2(3)4/h3-5,14H,2H2,1H3,(H2,11,15);1H3,(H,3,4)/p-1. The summed E-state index contributed by atoms with van der Waals surface area (Å²) >= 11 is 0. The normalized spacial score (nSPS) is 10.6. The minimum atomic E-state index is -1.09. The molecular formula is C12H14N3O6-. The second-order valence-corrected chi connectivity index (χ2v) is 3.39. The summed E-state index contributed by atoms with van der Waals surface area (Å²) < 4.78 is 4.60. The number of carbonyl (C=O) groups excluding carboxylic acids is 3. The average molecular weight is 296 g/mol. The van der Waals surface area contributed by atoms with Gasteiger partial charge in [-0.15, -0.1) is 0 Å². The molecule has 0 aliphatic heterocycles. The molecule has 21 heavy (non-hydrogen) atoms. The van der Waals surface area contributed by atoms with Crippen molar-refractivity contribution in [2.24, 2.45) is 5.73 Å². The number of carboxylic acid groups (broad SMARTS) is 1. The van der Waals surface area contributed by atoms with Gasteiger partial charge >= 0.3 is 5.97 Å². The van der Waals surface area contributed by atoms with Crippen molar-refractivity contribution in [3.63, 3.8) is 0 Å². The second kappa shape index (κ2) is 9.02. The van der Waals surface area contributed by atoms with E-state index in [0.29, 0.717) is 0 Å². The predicted molar refractivity (Wildman–Crippen MR) is 68.1 cm³/mol. The van der Waals surface area contributed by atoms with Crippen LogP contribution >= 0.6 is 0 Å². The van der Waals surface area contributed by atoms with Crippen LogP contribution < -0.4 is 10.8 Å². The van der Waals surface area contributed by atoms with Crippen molar-refractivity contribution in [3.05, 3.63) is 29.9 Å². The summed E-state index contributed by atoms with van der Waals surface area (Å²) in [6, 6.07) is 0. The Morgan fingerprint density at radius 1 is 1.38 bits per heavy atom. The predicted octanol–water partition coefficient (Wildman–Crippen LogP) is -1.45. The highest BCUT2D eigenvalue weighted by molar-refractivity contribution is 6.20. The number of aliphatic hydroxyl groups is 1. The Bertz CT molecular complexity index is 537. The fourth-order valence-electron chi connectivity index (χ4n) is 1.07. The van der Waals surface area contributed by atoms with Crippen LogP contribution in [-0.2, 0) is 19.1 Å². The first-order valence-corrected chi connectivity index (χ1v) is 5.65. The molecule has 9 heteroatoms. The minimum absolute atomic E-state index is 0.0330. The van der Waals surface area contributed by atoms with E-state index < -0.39 is 29.2 Å². The first-order chi connectivity index (χ1) is 9.81. The summed E-state index contributed by atoms with van der Waals surface area (Å²) in [7, 11) is 0. The highest BCUT2D eigenvalue weighted by Crippen LogP contribution is 2.13. The van der Waals surface area contributed by atoms with Gasteiger partial charge in [-0.25, -0.2) is 9.78 Å². The molecule has 114 valence electrons. The fraction of sp³-hybridized carbons (Fsp3) is 0.250. The van der Waals surface area contributed by atoms with Crippen LogP contribution in [0.25, 0.3) is 5.76 Å². The lowest BCUT2D eigenvalue weighted by Crippen LogP contribution is -2.24. The number of nitrogens with two attached hydrogens (primary N) is 1. The van der Waals surface area contributed by atoms with Crippen molar-refractivity contribution in [1.82, 2.24) is 9.97 Å². The van der Waals surface area contributed by atoms with E-state index in [1.165, 1.54) is 18.6 Å². The lowest BCUT2D eigenvalue weighted by Gasteiger charge is -2.06. The highest BCUT2D eigenvalue weighted by Gasteiger charge is 2.24. The third-order valence-electron chi connectivity index (χ3n) is 1.77. The van der Waals surface area contributed by atoms with E-state index in [2.05, 4.69) is 14.7 Å². The minimum Gasteiger partial charge on any atom is -0.550 e. The molecule has 0 aromatic carbocycles. The molecule has 0 bridgehead atoms. The molecule has 0 radical (unpaired) electrons. The van der Waals surface area contributed by atoms with E-state index in [-0.39, 0.29) is 12.3 Å². The molecule has 0 atom stereocenters. The topological polar surface area (TPSA) is 156 Å². The highest BCUT2D eigenvalue weighted by atomic mass is 16.5. The summed E-state index contributed by atoms with van der Waals surface area (Å²) in [5, 5.41) is 18.6. The molecule has 0 saturated heterocycles. The van der Waals surface area contributed by atoms with Gasteiger partial charge in [-0.3, -0.25) is 9.78 Å². The summed E-state index contributed by atoms with van der Waals surface area (Å²) in [6.07, 6.45) is 3.87. The number of aliphatic hydroxyl groups excluding tert-OH is 1. The van der Waals surface area contributed by atoms with Crippen molar-refractivity contribution in [1.29, 1.82) is 0 Å². The van der Waals surface area contributed by atoms with Crippen LogP contribution in [0.15, 0.2) is 24.2 Å². The maximum atomic E-state index is 11.4. The molecule has 0 aliphatic rings. The fourth-order valence-corrected chi connectivity index (χ4v) is 1.07. The number of primary amides is 1. The first-order valence-electron chi connectivity index (χ1n) is 5.65. The van der Waals surface area contributed by atoms with E-state index in [9.17, 15) is 14.7 Å². The molecule has 1 heterocycles. The number of hydrogen-bond acceptors (Lipinski definition) is 8. The van der Waals surface area contributed by atoms with Crippen LogP contribution in [-0.4, -0.2) is 39.5 Å². The molecule has 1 aromatic rings. The molecule has 1 aromatic heterocycles. The number of amides is 1. The maximum Gasteiger partial charge on any atom is 0.347 e. The number of carboxylic acids is 1. The van der Waals surface area contributed by atoms with E-state index in [4.69, 9.17) is 15.6 Å². The summed E-state index contributed by atoms with van der Waals surface area (Å²) in [6.45, 7) is 2.60. The second-order valence-electron chi connectivity index (χ2n) is 3.39. The Morgan fingerprint density at radius 2 is 1.95 bits per heavy atom. The van der Waals surface area contributed by atoms with Crippen molar-refractivity contribution in [3.8, 4) is 0 Å². The van der Waals surface area contributed by atoms with Crippen LogP contribution in [0.5, 0.6) is 0 Å². The van der Waals surface area contributed by atoms with Gasteiger partial charge in [0, 0.05) is 18.4 Å². The number of aliphatic carboxylic acids is 1. The zero-order chi connectivity index (χ0) is 16.4. The molecule has 0 aliphatic carbocycles. The number of esters is 1. The first kappa shape index (κ1) is 18.0. The number of nitrogens with zero attached hydrogens (tertiary/aromatic N) is 2. The van der Waals surface area contributed by atoms with Crippen molar-refractivity contribution in [2.45, 2.75) is 13.8 Å². The zero-order valence-corrected chi connectivity index (χ0v) is 11.4. The van der Waals surface area contributed by atoms with Gasteiger partial charge in [0.15, 0.2) is 11.3 Å². The molecule has 1 rings (SSSR count). The molecule has 9 nitrogen and oxygen atoms in total. The van der Waals surface area contributed by atoms with Crippen LogP contribution in [0, 0.1) is 0 Å². The molecule has 0 unspecified atom stereocenters. The molecule has 0 spiro atoms. The largest absolute Gasteiger partial charge is 0.550 e. The zero-order valence-electron chi connectivity index (χ0n) is 11.4. The number of rotatable bonds is 4. The molecule has 1 amide bonds. The van der Waals surface area contributed by atoms with Crippen LogP contribution in [0.2, 0.25) is 0 Å².